The molecule has 0 amide bonds. The summed E-state index contributed by atoms with van der Waals surface area (Å²) in [4.78, 5) is 41.8. The summed E-state index contributed by atoms with van der Waals surface area (Å²) in [5.41, 5.74) is -0.157. The van der Waals surface area contributed by atoms with E-state index >= 15 is 0 Å². The minimum Gasteiger partial charge on any atom is -0.465 e. The zero-order chi connectivity index (χ0) is 21.9. The fourth-order valence-corrected chi connectivity index (χ4v) is 5.53. The van der Waals surface area contributed by atoms with E-state index in [2.05, 4.69) is 4.99 Å². The van der Waals surface area contributed by atoms with E-state index in [1.54, 1.807) is 29.7 Å². The van der Waals surface area contributed by atoms with Crippen molar-refractivity contribution in [2.45, 2.75) is 25.6 Å². The highest BCUT2D eigenvalue weighted by atomic mass is 32.1. The Morgan fingerprint density at radius 1 is 1.29 bits per heavy atom. The van der Waals surface area contributed by atoms with Crippen LogP contribution in [0.5, 0.6) is 5.75 Å². The number of para-hydroxylation sites is 1. The maximum atomic E-state index is 13.4. The molecule has 0 spiro atoms. The van der Waals surface area contributed by atoms with Gasteiger partial charge in [0.25, 0.3) is 11.2 Å². The number of nitro groups is 1. The number of rotatable bonds is 3. The molecule has 31 heavy (non-hydrogen) atoms. The highest BCUT2D eigenvalue weighted by Crippen LogP contribution is 2.47. The van der Waals surface area contributed by atoms with Crippen LogP contribution in [0.4, 0.5) is 5.69 Å². The molecule has 3 aromatic rings. The van der Waals surface area contributed by atoms with Crippen molar-refractivity contribution in [1.29, 1.82) is 0 Å². The summed E-state index contributed by atoms with van der Waals surface area (Å²) in [6, 6.07) is 12.9. The van der Waals surface area contributed by atoms with Gasteiger partial charge in [-0.15, -0.1) is 0 Å². The van der Waals surface area contributed by atoms with Gasteiger partial charge < -0.3 is 4.74 Å². The molecule has 2 aliphatic rings. The highest BCUT2D eigenvalue weighted by Gasteiger charge is 2.53. The smallest absolute Gasteiger partial charge is 0.270 e. The first-order valence-corrected chi connectivity index (χ1v) is 10.5. The molecule has 9 heteroatoms. The summed E-state index contributed by atoms with van der Waals surface area (Å²) in [6.45, 7) is 3.25. The Morgan fingerprint density at radius 3 is 2.81 bits per heavy atom. The molecule has 8 nitrogen and oxygen atoms in total. The number of carbonyl (C=O) groups excluding carboxylic acids is 1. The summed E-state index contributed by atoms with van der Waals surface area (Å²) >= 11 is 1.18. The van der Waals surface area contributed by atoms with Crippen molar-refractivity contribution < 1.29 is 14.5 Å². The predicted octanol–water partition coefficient (Wildman–Crippen LogP) is 2.18. The molecule has 156 valence electrons. The molecular weight excluding hydrogens is 418 g/mol. The van der Waals surface area contributed by atoms with Crippen molar-refractivity contribution in [2.24, 2.45) is 10.9 Å². The van der Waals surface area contributed by atoms with Crippen LogP contribution in [-0.2, 0) is 4.79 Å². The standard InChI is InChI=1S/C22H17N3O5S/c1-12(26)18-19-15-8-3-4-9-16(15)30-22(18,2)23-21-24(19)20(27)17(31-21)11-13-6-5-7-14(10-13)25(28)29/h3-11,18-19H,1-2H3/b17-11-/t18-,19+,22+/m0/s1. The van der Waals surface area contributed by atoms with Gasteiger partial charge in [0.1, 0.15) is 17.5 Å². The zero-order valence-corrected chi connectivity index (χ0v) is 17.5. The van der Waals surface area contributed by atoms with Crippen LogP contribution in [0.2, 0.25) is 0 Å². The molecule has 1 aromatic heterocycles. The first-order chi connectivity index (χ1) is 14.8. The molecule has 3 heterocycles. The van der Waals surface area contributed by atoms with Gasteiger partial charge in [0.15, 0.2) is 4.80 Å². The van der Waals surface area contributed by atoms with Crippen LogP contribution in [0.1, 0.15) is 31.0 Å². The Labute approximate surface area is 179 Å². The number of fused-ring (bicyclic) bond motifs is 6. The van der Waals surface area contributed by atoms with Crippen molar-refractivity contribution in [1.82, 2.24) is 4.57 Å². The minimum absolute atomic E-state index is 0.0535. The van der Waals surface area contributed by atoms with Crippen molar-refractivity contribution in [3.8, 4) is 5.75 Å². The molecule has 3 atom stereocenters. The Balaban J connectivity index is 1.77. The molecule has 0 radical (unpaired) electrons. The number of benzene rings is 2. The maximum Gasteiger partial charge on any atom is 0.270 e. The lowest BCUT2D eigenvalue weighted by Crippen LogP contribution is -2.58. The quantitative estimate of drug-likeness (QED) is 0.463. The molecule has 0 saturated heterocycles. The van der Waals surface area contributed by atoms with Gasteiger partial charge in [-0.25, -0.2) is 4.99 Å². The van der Waals surface area contributed by atoms with E-state index < -0.39 is 22.6 Å². The lowest BCUT2D eigenvalue weighted by Gasteiger charge is -2.45. The molecule has 2 bridgehead atoms. The number of aromatic nitrogens is 1. The molecule has 2 aromatic carbocycles. The number of ketones is 1. The monoisotopic (exact) mass is 435 g/mol. The molecule has 5 rings (SSSR count). The largest absolute Gasteiger partial charge is 0.465 e. The van der Waals surface area contributed by atoms with Crippen LogP contribution >= 0.6 is 11.3 Å². The molecular formula is C22H17N3O5S. The normalized spacial score (nSPS) is 23.9. The third-order valence-electron chi connectivity index (χ3n) is 5.70. The number of hydrogen-bond donors (Lipinski definition) is 0. The number of ether oxygens (including phenoxy) is 1. The SMILES string of the molecule is CC(=O)[C@H]1[C@H]2c3ccccc3O[C@@]1(C)N=c1s/c(=C\c3cccc([N+](=O)[O-])c3)c(=O)n12. The third kappa shape index (κ3) is 2.92. The summed E-state index contributed by atoms with van der Waals surface area (Å²) in [5, 5.41) is 11.1. The number of non-ortho nitro benzene ring substituents is 1. The number of Topliss-reactive ketones (excluding diaryl/α,β-unsaturated/α-hetero) is 1. The first-order valence-electron chi connectivity index (χ1n) is 9.64. The van der Waals surface area contributed by atoms with Gasteiger partial charge in [-0.2, -0.15) is 0 Å². The van der Waals surface area contributed by atoms with Crippen LogP contribution in [-0.4, -0.2) is 21.0 Å². The summed E-state index contributed by atoms with van der Waals surface area (Å²) < 4.78 is 8.09. The molecule has 2 aliphatic heterocycles. The van der Waals surface area contributed by atoms with Gasteiger partial charge in [0.2, 0.25) is 5.72 Å². The summed E-state index contributed by atoms with van der Waals surface area (Å²) in [7, 11) is 0. The lowest BCUT2D eigenvalue weighted by molar-refractivity contribution is -0.384. The van der Waals surface area contributed by atoms with Crippen LogP contribution < -0.4 is 19.6 Å². The number of thiazole rings is 1. The molecule has 0 unspecified atom stereocenters. The summed E-state index contributed by atoms with van der Waals surface area (Å²) in [5.74, 6) is -0.157. The first kappa shape index (κ1) is 19.4. The minimum atomic E-state index is -1.12. The van der Waals surface area contributed by atoms with Crippen molar-refractivity contribution >= 4 is 28.9 Å². The van der Waals surface area contributed by atoms with Gasteiger partial charge in [0.05, 0.1) is 15.5 Å². The predicted molar refractivity (Wildman–Crippen MR) is 114 cm³/mol. The average Bonchev–Trinajstić information content (AvgIpc) is 3.01. The highest BCUT2D eigenvalue weighted by molar-refractivity contribution is 7.07. The van der Waals surface area contributed by atoms with E-state index in [-0.39, 0.29) is 17.0 Å². The van der Waals surface area contributed by atoms with Crippen LogP contribution in [0.25, 0.3) is 6.08 Å². The second kappa shape index (κ2) is 6.71. The van der Waals surface area contributed by atoms with Crippen molar-refractivity contribution in [3.05, 3.63) is 89.5 Å². The van der Waals surface area contributed by atoms with Gasteiger partial charge in [-0.1, -0.05) is 41.7 Å². The van der Waals surface area contributed by atoms with Gasteiger partial charge in [0, 0.05) is 17.7 Å². The van der Waals surface area contributed by atoms with Gasteiger partial charge in [-0.05, 0) is 31.6 Å². The number of carbonyl (C=O) groups is 1. The Hall–Kier alpha value is -3.59. The molecule has 0 aliphatic carbocycles. The second-order valence-electron chi connectivity index (χ2n) is 7.76. The Kier molecular flexibility index (Phi) is 4.19. The average molecular weight is 435 g/mol. The van der Waals surface area contributed by atoms with Crippen LogP contribution in [0.3, 0.4) is 0 Å². The fourth-order valence-electron chi connectivity index (χ4n) is 4.44. The van der Waals surface area contributed by atoms with Crippen molar-refractivity contribution in [3.63, 3.8) is 0 Å². The molecule has 0 saturated carbocycles. The van der Waals surface area contributed by atoms with Crippen LogP contribution in [0.15, 0.2) is 58.3 Å². The third-order valence-corrected chi connectivity index (χ3v) is 6.68. The Morgan fingerprint density at radius 2 is 2.06 bits per heavy atom. The second-order valence-corrected chi connectivity index (χ2v) is 8.77. The molecule has 0 N–H and O–H groups in total. The van der Waals surface area contributed by atoms with Gasteiger partial charge >= 0.3 is 0 Å². The van der Waals surface area contributed by atoms with Crippen LogP contribution in [0, 0.1) is 16.0 Å². The topological polar surface area (TPSA) is 104 Å². The van der Waals surface area contributed by atoms with E-state index in [1.807, 2.05) is 24.3 Å². The van der Waals surface area contributed by atoms with E-state index in [4.69, 9.17) is 4.74 Å². The van der Waals surface area contributed by atoms with E-state index in [9.17, 15) is 19.7 Å². The van der Waals surface area contributed by atoms with Crippen molar-refractivity contribution in [2.75, 3.05) is 0 Å². The number of nitrogens with zero attached hydrogens (tertiary/aromatic N) is 3. The lowest BCUT2D eigenvalue weighted by atomic mass is 9.79. The van der Waals surface area contributed by atoms with E-state index in [0.29, 0.717) is 20.6 Å². The summed E-state index contributed by atoms with van der Waals surface area (Å²) in [6.07, 6.45) is 1.61. The number of nitro benzene ring substituents is 1. The maximum absolute atomic E-state index is 13.4. The van der Waals surface area contributed by atoms with E-state index in [1.165, 1.54) is 30.4 Å². The molecule has 0 fully saturated rings. The van der Waals surface area contributed by atoms with Gasteiger partial charge in [-0.3, -0.25) is 24.3 Å². The zero-order valence-electron chi connectivity index (χ0n) is 16.6. The number of hydrogen-bond acceptors (Lipinski definition) is 7. The Bertz CT molecular complexity index is 1440. The van der Waals surface area contributed by atoms with E-state index in [0.717, 1.165) is 5.56 Å². The fraction of sp³-hybridized carbons (Fsp3) is 0.227.